The summed E-state index contributed by atoms with van der Waals surface area (Å²) in [6.45, 7) is 5.62. The third-order valence-electron chi connectivity index (χ3n) is 4.22. The SMILES string of the molecule is CCC(O)(CC)CNC(=O)C1(CN)CCOCC1. The van der Waals surface area contributed by atoms with Crippen LogP contribution in [0.3, 0.4) is 0 Å². The minimum absolute atomic E-state index is 0.0476. The van der Waals surface area contributed by atoms with E-state index in [1.165, 1.54) is 0 Å². The lowest BCUT2D eigenvalue weighted by Gasteiger charge is -2.36. The summed E-state index contributed by atoms with van der Waals surface area (Å²) in [4.78, 5) is 12.3. The number of ether oxygens (including phenoxy) is 1. The first-order valence-electron chi connectivity index (χ1n) is 6.80. The third kappa shape index (κ3) is 3.43. The number of carbonyl (C=O) groups excluding carboxylic acids is 1. The molecule has 0 atom stereocenters. The van der Waals surface area contributed by atoms with Gasteiger partial charge >= 0.3 is 0 Å². The molecule has 0 bridgehead atoms. The van der Waals surface area contributed by atoms with Crippen molar-refractivity contribution >= 4 is 5.91 Å². The summed E-state index contributed by atoms with van der Waals surface area (Å²) in [7, 11) is 0. The summed E-state index contributed by atoms with van der Waals surface area (Å²) >= 11 is 0. The van der Waals surface area contributed by atoms with E-state index in [-0.39, 0.29) is 5.91 Å². The number of rotatable bonds is 6. The van der Waals surface area contributed by atoms with Crippen molar-refractivity contribution in [2.24, 2.45) is 11.1 Å². The Balaban J connectivity index is 2.57. The molecule has 1 saturated heterocycles. The zero-order valence-electron chi connectivity index (χ0n) is 11.5. The van der Waals surface area contributed by atoms with Crippen LogP contribution in [0.1, 0.15) is 39.5 Å². The molecule has 1 rings (SSSR count). The van der Waals surface area contributed by atoms with Crippen LogP contribution in [0.15, 0.2) is 0 Å². The molecule has 106 valence electrons. The van der Waals surface area contributed by atoms with Crippen LogP contribution in [-0.4, -0.2) is 42.9 Å². The first-order valence-corrected chi connectivity index (χ1v) is 6.80. The van der Waals surface area contributed by atoms with Crippen LogP contribution >= 0.6 is 0 Å². The van der Waals surface area contributed by atoms with Crippen LogP contribution < -0.4 is 11.1 Å². The van der Waals surface area contributed by atoms with Crippen LogP contribution in [0.5, 0.6) is 0 Å². The molecule has 0 aliphatic carbocycles. The second kappa shape index (κ2) is 6.50. The maximum absolute atomic E-state index is 12.3. The molecule has 0 unspecified atom stereocenters. The fourth-order valence-electron chi connectivity index (χ4n) is 2.22. The summed E-state index contributed by atoms with van der Waals surface area (Å²) < 4.78 is 5.28. The average molecular weight is 258 g/mol. The van der Waals surface area contributed by atoms with Gasteiger partial charge in [0.25, 0.3) is 0 Å². The Hall–Kier alpha value is -0.650. The van der Waals surface area contributed by atoms with E-state index in [4.69, 9.17) is 10.5 Å². The fraction of sp³-hybridized carbons (Fsp3) is 0.923. The lowest BCUT2D eigenvalue weighted by Crippen LogP contribution is -2.52. The highest BCUT2D eigenvalue weighted by Crippen LogP contribution is 2.29. The van der Waals surface area contributed by atoms with Gasteiger partial charge < -0.3 is 20.9 Å². The highest BCUT2D eigenvalue weighted by atomic mass is 16.5. The molecule has 0 aromatic heterocycles. The van der Waals surface area contributed by atoms with E-state index in [1.807, 2.05) is 13.8 Å². The van der Waals surface area contributed by atoms with Crippen molar-refractivity contribution < 1.29 is 14.6 Å². The van der Waals surface area contributed by atoms with Gasteiger partial charge in [0.15, 0.2) is 0 Å². The van der Waals surface area contributed by atoms with Gasteiger partial charge in [0.1, 0.15) is 0 Å². The van der Waals surface area contributed by atoms with Crippen LogP contribution in [0.4, 0.5) is 0 Å². The minimum atomic E-state index is -0.809. The van der Waals surface area contributed by atoms with E-state index < -0.39 is 11.0 Å². The zero-order chi connectivity index (χ0) is 13.6. The predicted octanol–water partition coefficient (Wildman–Crippen LogP) is 0.409. The standard InChI is InChI=1S/C13H26N2O3/c1-3-13(17,4-2)10-15-11(16)12(9-14)5-7-18-8-6-12/h17H,3-10,14H2,1-2H3,(H,15,16). The van der Waals surface area contributed by atoms with Crippen LogP contribution in [0, 0.1) is 5.41 Å². The second-order valence-electron chi connectivity index (χ2n) is 5.21. The highest BCUT2D eigenvalue weighted by molar-refractivity contribution is 5.83. The fourth-order valence-corrected chi connectivity index (χ4v) is 2.22. The summed E-state index contributed by atoms with van der Waals surface area (Å²) in [5.74, 6) is -0.0476. The zero-order valence-corrected chi connectivity index (χ0v) is 11.5. The van der Waals surface area contributed by atoms with Crippen molar-refractivity contribution in [3.63, 3.8) is 0 Å². The number of amides is 1. The molecule has 0 aromatic carbocycles. The van der Waals surface area contributed by atoms with Gasteiger partial charge in [-0.25, -0.2) is 0 Å². The number of nitrogens with one attached hydrogen (secondary N) is 1. The van der Waals surface area contributed by atoms with Crippen molar-refractivity contribution in [2.45, 2.75) is 45.1 Å². The number of hydrogen-bond acceptors (Lipinski definition) is 4. The average Bonchev–Trinajstić information content (AvgIpc) is 2.45. The van der Waals surface area contributed by atoms with Gasteiger partial charge in [-0.05, 0) is 25.7 Å². The Bertz CT molecular complexity index is 271. The highest BCUT2D eigenvalue weighted by Gasteiger charge is 2.39. The van der Waals surface area contributed by atoms with Gasteiger partial charge in [0.2, 0.25) is 5.91 Å². The minimum Gasteiger partial charge on any atom is -0.388 e. The number of aliphatic hydroxyl groups is 1. The van der Waals surface area contributed by atoms with Gasteiger partial charge in [-0.1, -0.05) is 13.8 Å². The topological polar surface area (TPSA) is 84.6 Å². The quantitative estimate of drug-likeness (QED) is 0.644. The van der Waals surface area contributed by atoms with Gasteiger partial charge in [-0.15, -0.1) is 0 Å². The maximum Gasteiger partial charge on any atom is 0.227 e. The van der Waals surface area contributed by atoms with Crippen LogP contribution in [0.25, 0.3) is 0 Å². The largest absolute Gasteiger partial charge is 0.388 e. The van der Waals surface area contributed by atoms with Gasteiger partial charge in [-0.3, -0.25) is 4.79 Å². The molecule has 0 radical (unpaired) electrons. The van der Waals surface area contributed by atoms with Crippen LogP contribution in [0.2, 0.25) is 0 Å². The van der Waals surface area contributed by atoms with E-state index >= 15 is 0 Å². The van der Waals surface area contributed by atoms with E-state index in [1.54, 1.807) is 0 Å². The number of carbonyl (C=O) groups is 1. The monoisotopic (exact) mass is 258 g/mol. The molecule has 0 aromatic rings. The predicted molar refractivity (Wildman–Crippen MR) is 70.1 cm³/mol. The lowest BCUT2D eigenvalue weighted by molar-refractivity contribution is -0.137. The third-order valence-corrected chi connectivity index (χ3v) is 4.22. The van der Waals surface area contributed by atoms with Gasteiger partial charge in [0, 0.05) is 26.3 Å². The Morgan fingerprint density at radius 3 is 2.39 bits per heavy atom. The Labute approximate surface area is 109 Å². The molecule has 1 aliphatic rings. The first-order chi connectivity index (χ1) is 8.52. The molecule has 1 aliphatic heterocycles. The van der Waals surface area contributed by atoms with E-state index in [0.717, 1.165) is 0 Å². The summed E-state index contributed by atoms with van der Waals surface area (Å²) in [5, 5.41) is 13.0. The Kier molecular flexibility index (Phi) is 5.56. The van der Waals surface area contributed by atoms with Crippen molar-refractivity contribution in [1.29, 1.82) is 0 Å². The van der Waals surface area contributed by atoms with Crippen LogP contribution in [-0.2, 0) is 9.53 Å². The molecular weight excluding hydrogens is 232 g/mol. The number of nitrogens with two attached hydrogens (primary N) is 1. The van der Waals surface area contributed by atoms with E-state index in [2.05, 4.69) is 5.32 Å². The molecule has 1 fully saturated rings. The molecule has 1 amide bonds. The van der Waals surface area contributed by atoms with Crippen molar-refractivity contribution in [1.82, 2.24) is 5.32 Å². The molecule has 4 N–H and O–H groups in total. The molecule has 18 heavy (non-hydrogen) atoms. The van der Waals surface area contributed by atoms with Gasteiger partial charge in [-0.2, -0.15) is 0 Å². The van der Waals surface area contributed by atoms with E-state index in [0.29, 0.717) is 52.0 Å². The normalized spacial score (nSPS) is 19.6. The molecule has 0 spiro atoms. The maximum atomic E-state index is 12.3. The first kappa shape index (κ1) is 15.4. The summed E-state index contributed by atoms with van der Waals surface area (Å²) in [5.41, 5.74) is 4.44. The lowest BCUT2D eigenvalue weighted by atomic mass is 9.79. The molecule has 5 heteroatoms. The van der Waals surface area contributed by atoms with Crippen molar-refractivity contribution in [3.8, 4) is 0 Å². The Morgan fingerprint density at radius 1 is 1.39 bits per heavy atom. The van der Waals surface area contributed by atoms with E-state index in [9.17, 15) is 9.90 Å². The summed E-state index contributed by atoms with van der Waals surface area (Å²) in [6.07, 6.45) is 2.57. The van der Waals surface area contributed by atoms with Gasteiger partial charge in [0.05, 0.1) is 11.0 Å². The smallest absolute Gasteiger partial charge is 0.227 e. The summed E-state index contributed by atoms with van der Waals surface area (Å²) in [6, 6.07) is 0. The molecule has 1 heterocycles. The molecular formula is C13H26N2O3. The molecule has 0 saturated carbocycles. The second-order valence-corrected chi connectivity index (χ2v) is 5.21. The van der Waals surface area contributed by atoms with Crippen molar-refractivity contribution in [2.75, 3.05) is 26.3 Å². The Morgan fingerprint density at radius 2 is 1.94 bits per heavy atom. The molecule has 5 nitrogen and oxygen atoms in total. The number of hydrogen-bond donors (Lipinski definition) is 3. The van der Waals surface area contributed by atoms with Crippen molar-refractivity contribution in [3.05, 3.63) is 0 Å².